The normalized spacial score (nSPS) is 16.2. The van der Waals surface area contributed by atoms with Gasteiger partial charge in [0.25, 0.3) is 5.91 Å². The number of sulfonamides is 1. The van der Waals surface area contributed by atoms with Crippen molar-refractivity contribution in [3.63, 3.8) is 0 Å². The van der Waals surface area contributed by atoms with Crippen molar-refractivity contribution in [1.29, 1.82) is 5.26 Å². The Balaban J connectivity index is 1.75. The summed E-state index contributed by atoms with van der Waals surface area (Å²) in [5.41, 5.74) is 2.05. The average Bonchev–Trinajstić information content (AvgIpc) is 3.26. The number of amides is 1. The smallest absolute Gasteiger partial charge is 0.253 e. The van der Waals surface area contributed by atoms with Crippen LogP contribution in [0.4, 0.5) is 5.69 Å². The summed E-state index contributed by atoms with van der Waals surface area (Å²) in [6.45, 7) is 1.000. The van der Waals surface area contributed by atoms with E-state index >= 15 is 0 Å². The van der Waals surface area contributed by atoms with E-state index in [1.165, 1.54) is 16.6 Å². The topological polar surface area (TPSA) is 121 Å². The molecule has 0 spiro atoms. The maximum Gasteiger partial charge on any atom is 0.253 e. The fourth-order valence-electron chi connectivity index (χ4n) is 3.56. The highest BCUT2D eigenvalue weighted by Crippen LogP contribution is 2.28. The number of carbonyl (C=O) groups is 1. The van der Waals surface area contributed by atoms with E-state index in [1.807, 2.05) is 12.1 Å². The second-order valence-corrected chi connectivity index (χ2v) is 9.48. The summed E-state index contributed by atoms with van der Waals surface area (Å²) in [5.74, 6) is 0.803. The monoisotopic (exact) mass is 458 g/mol. The average molecular weight is 459 g/mol. The van der Waals surface area contributed by atoms with Crippen LogP contribution >= 0.6 is 0 Å². The third-order valence-corrected chi connectivity index (χ3v) is 6.54. The Labute approximate surface area is 188 Å². The predicted octanol–water partition coefficient (Wildman–Crippen LogP) is 1.95. The number of hydrogen-bond acceptors (Lipinski definition) is 7. The maximum atomic E-state index is 13.0. The lowest BCUT2D eigenvalue weighted by molar-refractivity contribution is 0.0951. The fourth-order valence-corrected chi connectivity index (χ4v) is 4.45. The van der Waals surface area contributed by atoms with Crippen molar-refractivity contribution < 1.29 is 22.7 Å². The molecule has 1 heterocycles. The fraction of sp³-hybridized carbons (Fsp3) is 0.364. The highest BCUT2D eigenvalue weighted by molar-refractivity contribution is 7.88. The first kappa shape index (κ1) is 23.4. The first-order valence-electron chi connectivity index (χ1n) is 10.00. The van der Waals surface area contributed by atoms with Gasteiger partial charge in [0.1, 0.15) is 0 Å². The molecule has 0 saturated carbocycles. The summed E-state index contributed by atoms with van der Waals surface area (Å²) in [4.78, 5) is 13.0. The van der Waals surface area contributed by atoms with E-state index in [-0.39, 0.29) is 18.5 Å². The number of carbonyl (C=O) groups excluding carboxylic acids is 1. The Morgan fingerprint density at radius 1 is 1.19 bits per heavy atom. The Kier molecular flexibility index (Phi) is 7.22. The van der Waals surface area contributed by atoms with Crippen LogP contribution in [0, 0.1) is 11.3 Å². The Morgan fingerprint density at radius 2 is 1.94 bits per heavy atom. The molecule has 2 aromatic carbocycles. The number of ether oxygens (including phenoxy) is 2. The largest absolute Gasteiger partial charge is 0.493 e. The van der Waals surface area contributed by atoms with Crippen molar-refractivity contribution >= 4 is 21.6 Å². The molecule has 1 saturated heterocycles. The molecule has 1 atom stereocenters. The van der Waals surface area contributed by atoms with Gasteiger partial charge in [-0.2, -0.15) is 5.26 Å². The molecule has 1 amide bonds. The molecule has 1 aliphatic heterocycles. The molecule has 0 unspecified atom stereocenters. The second-order valence-electron chi connectivity index (χ2n) is 7.50. The SMILES string of the molecule is COc1ccc(CNC(=O)c2cc(C#N)ccc2N[C@@H]2CCN(S(C)(=O)=O)C2)cc1OC. The zero-order valence-corrected chi connectivity index (χ0v) is 19.0. The van der Waals surface area contributed by atoms with Crippen LogP contribution in [-0.2, 0) is 16.6 Å². The van der Waals surface area contributed by atoms with Gasteiger partial charge < -0.3 is 20.1 Å². The van der Waals surface area contributed by atoms with Gasteiger partial charge >= 0.3 is 0 Å². The molecule has 1 fully saturated rings. The molecule has 0 radical (unpaired) electrons. The third kappa shape index (κ3) is 5.49. The number of benzene rings is 2. The molecular formula is C22H26N4O5S. The van der Waals surface area contributed by atoms with Crippen molar-refractivity contribution in [2.24, 2.45) is 0 Å². The molecule has 0 aliphatic carbocycles. The standard InChI is InChI=1S/C22H26N4O5S/c1-30-20-7-5-16(11-21(20)31-2)13-24-22(27)18-10-15(12-23)4-6-19(18)25-17-8-9-26(14-17)32(3,28)29/h4-7,10-11,17,25H,8-9,13-14H2,1-3H3,(H,24,27)/t17-/m1/s1. The van der Waals surface area contributed by atoms with E-state index in [2.05, 4.69) is 10.6 Å². The van der Waals surface area contributed by atoms with E-state index in [0.29, 0.717) is 47.8 Å². The number of rotatable bonds is 8. The van der Waals surface area contributed by atoms with E-state index in [1.54, 1.807) is 38.5 Å². The van der Waals surface area contributed by atoms with Crippen LogP contribution in [0.2, 0.25) is 0 Å². The molecule has 32 heavy (non-hydrogen) atoms. The van der Waals surface area contributed by atoms with Gasteiger partial charge in [0, 0.05) is 31.4 Å². The molecule has 170 valence electrons. The molecule has 0 aromatic heterocycles. The number of nitrogens with zero attached hydrogens (tertiary/aromatic N) is 2. The summed E-state index contributed by atoms with van der Waals surface area (Å²) in [6.07, 6.45) is 1.81. The van der Waals surface area contributed by atoms with Crippen LogP contribution in [0.25, 0.3) is 0 Å². The van der Waals surface area contributed by atoms with Gasteiger partial charge in [-0.05, 0) is 42.3 Å². The van der Waals surface area contributed by atoms with Crippen LogP contribution < -0.4 is 20.1 Å². The molecule has 10 heteroatoms. The number of nitrogens with one attached hydrogen (secondary N) is 2. The zero-order chi connectivity index (χ0) is 23.3. The number of methoxy groups -OCH3 is 2. The van der Waals surface area contributed by atoms with E-state index in [9.17, 15) is 18.5 Å². The minimum Gasteiger partial charge on any atom is -0.493 e. The van der Waals surface area contributed by atoms with Gasteiger partial charge in [-0.3, -0.25) is 4.79 Å². The molecule has 2 aromatic rings. The van der Waals surface area contributed by atoms with Crippen molar-refractivity contribution in [2.75, 3.05) is 38.9 Å². The molecule has 9 nitrogen and oxygen atoms in total. The first-order valence-corrected chi connectivity index (χ1v) is 11.8. The Hall–Kier alpha value is -3.29. The summed E-state index contributed by atoms with van der Waals surface area (Å²) in [5, 5.41) is 15.4. The van der Waals surface area contributed by atoms with Gasteiger partial charge in [-0.25, -0.2) is 12.7 Å². The molecule has 2 N–H and O–H groups in total. The molecule has 0 bridgehead atoms. The lowest BCUT2D eigenvalue weighted by Gasteiger charge is -2.18. The number of anilines is 1. The summed E-state index contributed by atoms with van der Waals surface area (Å²) in [7, 11) is -0.171. The highest BCUT2D eigenvalue weighted by Gasteiger charge is 2.29. The zero-order valence-electron chi connectivity index (χ0n) is 18.2. The summed E-state index contributed by atoms with van der Waals surface area (Å²) < 4.78 is 35.5. The molecule has 3 rings (SSSR count). The van der Waals surface area contributed by atoms with Crippen LogP contribution in [0.3, 0.4) is 0 Å². The highest BCUT2D eigenvalue weighted by atomic mass is 32.2. The third-order valence-electron chi connectivity index (χ3n) is 5.27. The van der Waals surface area contributed by atoms with Gasteiger partial charge in [-0.15, -0.1) is 0 Å². The van der Waals surface area contributed by atoms with E-state index in [0.717, 1.165) is 5.56 Å². The predicted molar refractivity (Wildman–Crippen MR) is 120 cm³/mol. The lowest BCUT2D eigenvalue weighted by atomic mass is 10.1. The van der Waals surface area contributed by atoms with Crippen molar-refractivity contribution in [2.45, 2.75) is 19.0 Å². The minimum atomic E-state index is -3.26. The van der Waals surface area contributed by atoms with Crippen LogP contribution in [0.5, 0.6) is 11.5 Å². The Bertz CT molecular complexity index is 1140. The maximum absolute atomic E-state index is 13.0. The number of hydrogen-bond donors (Lipinski definition) is 2. The number of nitriles is 1. The van der Waals surface area contributed by atoms with Crippen LogP contribution in [0.15, 0.2) is 36.4 Å². The second kappa shape index (κ2) is 9.89. The quantitative estimate of drug-likeness (QED) is 0.620. The van der Waals surface area contributed by atoms with Gasteiger partial charge in [0.15, 0.2) is 11.5 Å². The van der Waals surface area contributed by atoms with E-state index in [4.69, 9.17) is 9.47 Å². The molecule has 1 aliphatic rings. The van der Waals surface area contributed by atoms with E-state index < -0.39 is 10.0 Å². The van der Waals surface area contributed by atoms with Crippen molar-refractivity contribution in [3.05, 3.63) is 53.1 Å². The Morgan fingerprint density at radius 3 is 2.56 bits per heavy atom. The van der Waals surface area contributed by atoms with Crippen LogP contribution in [0.1, 0.15) is 27.9 Å². The lowest BCUT2D eigenvalue weighted by Crippen LogP contribution is -2.31. The van der Waals surface area contributed by atoms with Gasteiger partial charge in [-0.1, -0.05) is 6.07 Å². The minimum absolute atomic E-state index is 0.130. The van der Waals surface area contributed by atoms with Crippen molar-refractivity contribution in [1.82, 2.24) is 9.62 Å². The van der Waals surface area contributed by atoms with Gasteiger partial charge in [0.2, 0.25) is 10.0 Å². The van der Waals surface area contributed by atoms with Crippen molar-refractivity contribution in [3.8, 4) is 17.6 Å². The summed E-state index contributed by atoms with van der Waals surface area (Å²) >= 11 is 0. The summed E-state index contributed by atoms with van der Waals surface area (Å²) in [6, 6.07) is 12.1. The van der Waals surface area contributed by atoms with Crippen LogP contribution in [-0.4, -0.2) is 58.2 Å². The first-order chi connectivity index (χ1) is 15.2. The van der Waals surface area contributed by atoms with Gasteiger partial charge in [0.05, 0.1) is 37.7 Å². The molecular weight excluding hydrogens is 432 g/mol.